The van der Waals surface area contributed by atoms with Gasteiger partial charge in [0.05, 0.1) is 18.7 Å². The molecule has 0 saturated heterocycles. The van der Waals surface area contributed by atoms with Gasteiger partial charge >= 0.3 is 0 Å². The molecule has 1 fully saturated rings. The van der Waals surface area contributed by atoms with Crippen molar-refractivity contribution in [3.8, 4) is 0 Å². The quantitative estimate of drug-likeness (QED) is 0.711. The lowest BCUT2D eigenvalue weighted by Crippen LogP contribution is -2.53. The van der Waals surface area contributed by atoms with Crippen LogP contribution in [0.3, 0.4) is 0 Å². The Morgan fingerprint density at radius 1 is 1.64 bits per heavy atom. The normalized spacial score (nSPS) is 32.1. The van der Waals surface area contributed by atoms with E-state index in [1.165, 1.54) is 12.8 Å². The summed E-state index contributed by atoms with van der Waals surface area (Å²) < 4.78 is 5.24. The smallest absolute Gasteiger partial charge is 0.191 e. The first-order valence-corrected chi connectivity index (χ1v) is 5.22. The van der Waals surface area contributed by atoms with Gasteiger partial charge in [0.15, 0.2) is 5.96 Å². The summed E-state index contributed by atoms with van der Waals surface area (Å²) in [5.74, 6) is 1.52. The van der Waals surface area contributed by atoms with Gasteiger partial charge in [-0.05, 0) is 25.7 Å². The molecule has 0 bridgehead atoms. The van der Waals surface area contributed by atoms with E-state index in [0.717, 1.165) is 19.0 Å². The number of nitrogens with zero attached hydrogens (tertiary/aromatic N) is 2. The first-order chi connectivity index (χ1) is 6.65. The van der Waals surface area contributed by atoms with Crippen molar-refractivity contribution in [1.82, 2.24) is 4.90 Å². The first kappa shape index (κ1) is 9.77. The Labute approximate surface area is 85.1 Å². The Hall–Kier alpha value is -0.770. The molecule has 1 unspecified atom stereocenters. The van der Waals surface area contributed by atoms with Crippen molar-refractivity contribution < 1.29 is 4.74 Å². The Kier molecular flexibility index (Phi) is 2.39. The van der Waals surface area contributed by atoms with E-state index in [1.807, 2.05) is 0 Å². The maximum atomic E-state index is 5.88. The molecule has 1 atom stereocenters. The third-order valence-corrected chi connectivity index (χ3v) is 3.10. The summed E-state index contributed by atoms with van der Waals surface area (Å²) in [4.78, 5) is 6.53. The molecule has 4 heteroatoms. The standard InChI is InChI=1S/C10H19N3O/c1-10(7-14-2)6-12-9(11)13(10)5-8-3-4-8/h8H,3-7H2,1-2H3,(H2,11,12). The summed E-state index contributed by atoms with van der Waals surface area (Å²) >= 11 is 0. The molecule has 1 heterocycles. The minimum atomic E-state index is -0.0125. The van der Waals surface area contributed by atoms with E-state index >= 15 is 0 Å². The maximum absolute atomic E-state index is 5.88. The van der Waals surface area contributed by atoms with Crippen molar-refractivity contribution in [3.05, 3.63) is 0 Å². The third kappa shape index (κ3) is 1.71. The number of nitrogens with two attached hydrogens (primary N) is 1. The SMILES string of the molecule is COCC1(C)CN=C(N)N1CC1CC1. The Morgan fingerprint density at radius 3 is 2.93 bits per heavy atom. The minimum Gasteiger partial charge on any atom is -0.382 e. The topological polar surface area (TPSA) is 50.9 Å². The fraction of sp³-hybridized carbons (Fsp3) is 0.900. The van der Waals surface area contributed by atoms with Crippen LogP contribution >= 0.6 is 0 Å². The van der Waals surface area contributed by atoms with Gasteiger partial charge in [0.1, 0.15) is 0 Å². The molecule has 0 radical (unpaired) electrons. The molecule has 4 nitrogen and oxygen atoms in total. The number of methoxy groups -OCH3 is 1. The number of guanidine groups is 1. The van der Waals surface area contributed by atoms with Crippen molar-refractivity contribution >= 4 is 5.96 Å². The lowest BCUT2D eigenvalue weighted by molar-refractivity contribution is 0.0765. The van der Waals surface area contributed by atoms with Crippen molar-refractivity contribution in [2.24, 2.45) is 16.6 Å². The van der Waals surface area contributed by atoms with Crippen LogP contribution in [-0.2, 0) is 4.74 Å². The molecule has 0 spiro atoms. The van der Waals surface area contributed by atoms with Crippen LogP contribution in [-0.4, -0.2) is 43.2 Å². The lowest BCUT2D eigenvalue weighted by Gasteiger charge is -2.35. The molecule has 0 aromatic carbocycles. The highest BCUT2D eigenvalue weighted by Gasteiger charge is 2.40. The van der Waals surface area contributed by atoms with Crippen LogP contribution in [0.1, 0.15) is 19.8 Å². The second-order valence-electron chi connectivity index (χ2n) is 4.66. The zero-order valence-corrected chi connectivity index (χ0v) is 8.99. The van der Waals surface area contributed by atoms with Crippen LogP contribution in [0.25, 0.3) is 0 Å². The largest absolute Gasteiger partial charge is 0.382 e. The average molecular weight is 197 g/mol. The third-order valence-electron chi connectivity index (χ3n) is 3.10. The lowest BCUT2D eigenvalue weighted by atomic mass is 10.0. The van der Waals surface area contributed by atoms with Gasteiger partial charge in [0.2, 0.25) is 0 Å². The number of ether oxygens (including phenoxy) is 1. The fourth-order valence-corrected chi connectivity index (χ4v) is 2.01. The molecule has 0 amide bonds. The monoisotopic (exact) mass is 197 g/mol. The molecule has 1 aliphatic heterocycles. The van der Waals surface area contributed by atoms with Gasteiger partial charge in [0.25, 0.3) is 0 Å². The van der Waals surface area contributed by atoms with Crippen LogP contribution in [0.2, 0.25) is 0 Å². The summed E-state index contributed by atoms with van der Waals surface area (Å²) in [5, 5.41) is 0. The van der Waals surface area contributed by atoms with E-state index in [-0.39, 0.29) is 5.54 Å². The van der Waals surface area contributed by atoms with Crippen molar-refractivity contribution in [3.63, 3.8) is 0 Å². The second kappa shape index (κ2) is 3.42. The van der Waals surface area contributed by atoms with Crippen LogP contribution in [0, 0.1) is 5.92 Å². The zero-order valence-electron chi connectivity index (χ0n) is 8.99. The van der Waals surface area contributed by atoms with Crippen LogP contribution in [0.5, 0.6) is 0 Å². The minimum absolute atomic E-state index is 0.0125. The summed E-state index contributed by atoms with van der Waals surface area (Å²) in [6, 6.07) is 0. The number of hydrogen-bond acceptors (Lipinski definition) is 4. The van der Waals surface area contributed by atoms with Gasteiger partial charge in [-0.15, -0.1) is 0 Å². The maximum Gasteiger partial charge on any atom is 0.191 e. The predicted octanol–water partition coefficient (Wildman–Crippen LogP) is 0.432. The molecule has 2 aliphatic rings. The molecule has 14 heavy (non-hydrogen) atoms. The molecule has 0 aromatic heterocycles. The van der Waals surface area contributed by atoms with Gasteiger partial charge in [-0.2, -0.15) is 0 Å². The zero-order chi connectivity index (χ0) is 10.2. The highest BCUT2D eigenvalue weighted by molar-refractivity contribution is 5.81. The predicted molar refractivity (Wildman–Crippen MR) is 56.2 cm³/mol. The van der Waals surface area contributed by atoms with Gasteiger partial charge in [0, 0.05) is 13.7 Å². The summed E-state index contributed by atoms with van der Waals surface area (Å²) in [5.41, 5.74) is 5.87. The van der Waals surface area contributed by atoms with Crippen molar-refractivity contribution in [2.45, 2.75) is 25.3 Å². The summed E-state index contributed by atoms with van der Waals surface area (Å²) in [6.07, 6.45) is 2.68. The molecule has 2 rings (SSSR count). The number of hydrogen-bond donors (Lipinski definition) is 1. The van der Waals surface area contributed by atoms with E-state index in [1.54, 1.807) is 7.11 Å². The van der Waals surface area contributed by atoms with E-state index in [2.05, 4.69) is 16.8 Å². The van der Waals surface area contributed by atoms with E-state index < -0.39 is 0 Å². The first-order valence-electron chi connectivity index (χ1n) is 5.22. The van der Waals surface area contributed by atoms with E-state index in [4.69, 9.17) is 10.5 Å². The van der Waals surface area contributed by atoms with E-state index in [9.17, 15) is 0 Å². The van der Waals surface area contributed by atoms with Gasteiger partial charge in [-0.25, -0.2) is 0 Å². The Bertz CT molecular complexity index is 250. The Morgan fingerprint density at radius 2 is 2.36 bits per heavy atom. The van der Waals surface area contributed by atoms with Gasteiger partial charge in [-0.1, -0.05) is 0 Å². The highest BCUT2D eigenvalue weighted by Crippen LogP contribution is 2.33. The number of aliphatic imine (C=N–C) groups is 1. The van der Waals surface area contributed by atoms with Crippen molar-refractivity contribution in [2.75, 3.05) is 26.8 Å². The van der Waals surface area contributed by atoms with Crippen LogP contribution < -0.4 is 5.73 Å². The van der Waals surface area contributed by atoms with Gasteiger partial charge < -0.3 is 15.4 Å². The average Bonchev–Trinajstić information content (AvgIpc) is 2.90. The van der Waals surface area contributed by atoms with Crippen LogP contribution in [0.15, 0.2) is 4.99 Å². The molecule has 0 aromatic rings. The van der Waals surface area contributed by atoms with Gasteiger partial charge in [-0.3, -0.25) is 4.99 Å². The highest BCUT2D eigenvalue weighted by atomic mass is 16.5. The molecule has 1 aliphatic carbocycles. The summed E-state index contributed by atoms with van der Waals surface area (Å²) in [6.45, 7) is 4.68. The van der Waals surface area contributed by atoms with Crippen LogP contribution in [0.4, 0.5) is 0 Å². The molecular weight excluding hydrogens is 178 g/mol. The number of rotatable bonds is 4. The fourth-order valence-electron chi connectivity index (χ4n) is 2.01. The van der Waals surface area contributed by atoms with Crippen molar-refractivity contribution in [1.29, 1.82) is 0 Å². The molecule has 80 valence electrons. The van der Waals surface area contributed by atoms with E-state index in [0.29, 0.717) is 12.6 Å². The Balaban J connectivity index is 2.02. The molecule has 2 N–H and O–H groups in total. The summed E-state index contributed by atoms with van der Waals surface area (Å²) in [7, 11) is 1.73. The second-order valence-corrected chi connectivity index (χ2v) is 4.66. The molecular formula is C10H19N3O. The molecule has 1 saturated carbocycles.